The number of nitrogens with zero attached hydrogens (tertiary/aromatic N) is 5. The number of sulfonamides is 1. The Morgan fingerprint density at radius 3 is 2.87 bits per heavy atom. The van der Waals surface area contributed by atoms with Gasteiger partial charge in [0.15, 0.2) is 0 Å². The number of carbonyl (C=O) groups excluding carboxylic acids is 1. The van der Waals surface area contributed by atoms with Gasteiger partial charge in [-0.2, -0.15) is 4.31 Å². The van der Waals surface area contributed by atoms with Gasteiger partial charge in [0.25, 0.3) is 0 Å². The number of nitrogens with one attached hydrogen (secondary N) is 1. The van der Waals surface area contributed by atoms with Crippen molar-refractivity contribution < 1.29 is 13.2 Å². The van der Waals surface area contributed by atoms with Crippen LogP contribution >= 0.6 is 0 Å². The van der Waals surface area contributed by atoms with Gasteiger partial charge in [-0.1, -0.05) is 11.3 Å². The van der Waals surface area contributed by atoms with Gasteiger partial charge < -0.3 is 5.32 Å². The first-order chi connectivity index (χ1) is 14.9. The number of aromatic nitrogens is 4. The molecule has 3 heterocycles. The van der Waals surface area contributed by atoms with Crippen LogP contribution in [0.1, 0.15) is 38.3 Å². The Hall–Kier alpha value is -2.85. The molecule has 0 saturated carbocycles. The summed E-state index contributed by atoms with van der Waals surface area (Å²) >= 11 is 0. The molecular formula is C21H26N6O3S. The zero-order valence-electron chi connectivity index (χ0n) is 17.6. The van der Waals surface area contributed by atoms with Crippen LogP contribution in [0, 0.1) is 5.92 Å². The number of pyridine rings is 1. The highest BCUT2D eigenvalue weighted by atomic mass is 32.2. The molecule has 1 aromatic carbocycles. The lowest BCUT2D eigenvalue weighted by Crippen LogP contribution is -2.45. The lowest BCUT2D eigenvalue weighted by molar-refractivity contribution is -0.126. The first-order valence-corrected chi connectivity index (χ1v) is 11.8. The molecule has 1 aliphatic rings. The van der Waals surface area contributed by atoms with Crippen molar-refractivity contribution >= 4 is 27.0 Å². The zero-order chi connectivity index (χ0) is 22.0. The summed E-state index contributed by atoms with van der Waals surface area (Å²) < 4.78 is 29.7. The van der Waals surface area contributed by atoms with E-state index in [9.17, 15) is 13.2 Å². The molecule has 1 saturated heterocycles. The number of piperidine rings is 1. The molecule has 4 rings (SSSR count). The van der Waals surface area contributed by atoms with E-state index in [0.29, 0.717) is 31.4 Å². The molecule has 1 fully saturated rings. The van der Waals surface area contributed by atoms with Crippen molar-refractivity contribution in [1.29, 1.82) is 0 Å². The topological polar surface area (TPSA) is 110 Å². The van der Waals surface area contributed by atoms with Crippen molar-refractivity contribution in [3.63, 3.8) is 0 Å². The number of amides is 1. The number of carbonyl (C=O) groups is 1. The predicted octanol–water partition coefficient (Wildman–Crippen LogP) is 2.12. The quantitative estimate of drug-likeness (QED) is 0.626. The van der Waals surface area contributed by atoms with Gasteiger partial charge in [0.2, 0.25) is 15.9 Å². The van der Waals surface area contributed by atoms with E-state index < -0.39 is 10.0 Å². The van der Waals surface area contributed by atoms with Gasteiger partial charge in [-0.15, -0.1) is 5.10 Å². The number of benzene rings is 1. The third-order valence-corrected chi connectivity index (χ3v) is 7.38. The van der Waals surface area contributed by atoms with Crippen LogP contribution in [0.3, 0.4) is 0 Å². The van der Waals surface area contributed by atoms with Crippen molar-refractivity contribution in [2.45, 2.75) is 44.2 Å². The van der Waals surface area contributed by atoms with Crippen molar-refractivity contribution in [2.75, 3.05) is 13.1 Å². The normalized spacial score (nSPS) is 17.8. The van der Waals surface area contributed by atoms with Crippen molar-refractivity contribution in [3.05, 3.63) is 48.3 Å². The molecule has 1 aliphatic heterocycles. The minimum absolute atomic E-state index is 0.125. The molecule has 0 radical (unpaired) electrons. The Morgan fingerprint density at radius 2 is 2.13 bits per heavy atom. The molecule has 1 N–H and O–H groups in total. The maximum absolute atomic E-state index is 13.3. The smallest absolute Gasteiger partial charge is 0.243 e. The second kappa shape index (κ2) is 8.72. The fourth-order valence-electron chi connectivity index (χ4n) is 3.82. The molecule has 9 nitrogen and oxygen atoms in total. The van der Waals surface area contributed by atoms with Gasteiger partial charge in [-0.3, -0.25) is 9.78 Å². The van der Waals surface area contributed by atoms with Crippen LogP contribution < -0.4 is 5.32 Å². The Kier molecular flexibility index (Phi) is 6.01. The van der Waals surface area contributed by atoms with Crippen LogP contribution in [-0.2, 0) is 21.4 Å². The highest BCUT2D eigenvalue weighted by Gasteiger charge is 2.33. The number of rotatable bonds is 6. The average molecular weight is 443 g/mol. The summed E-state index contributed by atoms with van der Waals surface area (Å²) in [5.74, 6) is -0.523. The van der Waals surface area contributed by atoms with Gasteiger partial charge in [0.1, 0.15) is 5.52 Å². The molecule has 1 atom stereocenters. The maximum atomic E-state index is 13.3. The molecule has 164 valence electrons. The van der Waals surface area contributed by atoms with Crippen LogP contribution in [0.2, 0.25) is 0 Å². The van der Waals surface area contributed by atoms with E-state index in [2.05, 4.69) is 20.6 Å². The minimum atomic E-state index is -3.73. The van der Waals surface area contributed by atoms with E-state index in [0.717, 1.165) is 11.1 Å². The highest BCUT2D eigenvalue weighted by molar-refractivity contribution is 7.89. The molecule has 0 bridgehead atoms. The lowest BCUT2D eigenvalue weighted by Gasteiger charge is -2.31. The Morgan fingerprint density at radius 1 is 1.29 bits per heavy atom. The third kappa shape index (κ3) is 4.45. The summed E-state index contributed by atoms with van der Waals surface area (Å²) in [4.78, 5) is 16.9. The lowest BCUT2D eigenvalue weighted by atomic mass is 9.99. The van der Waals surface area contributed by atoms with E-state index in [1.54, 1.807) is 35.3 Å². The van der Waals surface area contributed by atoms with Crippen LogP contribution in [0.15, 0.2) is 47.6 Å². The number of hydrogen-bond donors (Lipinski definition) is 1. The van der Waals surface area contributed by atoms with Crippen LogP contribution in [-0.4, -0.2) is 51.7 Å². The second-order valence-electron chi connectivity index (χ2n) is 8.06. The molecule has 0 spiro atoms. The molecule has 31 heavy (non-hydrogen) atoms. The third-order valence-electron chi connectivity index (χ3n) is 5.51. The van der Waals surface area contributed by atoms with Crippen molar-refractivity contribution in [2.24, 2.45) is 5.92 Å². The van der Waals surface area contributed by atoms with Gasteiger partial charge in [0, 0.05) is 38.1 Å². The first kappa shape index (κ1) is 21.4. The standard InChI is InChI=1S/C21H26N6O3S/c1-15(2)27-20-8-7-18(11-19(20)24-25-27)31(29,30)26-10-4-6-17(14-26)21(28)23-13-16-5-3-9-22-12-16/h3,5,7-9,11-12,15,17H,4,6,10,13-14H2,1-2H3,(H,23,28)/t17-/m1/s1. The summed E-state index contributed by atoms with van der Waals surface area (Å²) in [7, 11) is -3.73. The summed E-state index contributed by atoms with van der Waals surface area (Å²) in [6.45, 7) is 4.92. The van der Waals surface area contributed by atoms with E-state index >= 15 is 0 Å². The van der Waals surface area contributed by atoms with Crippen LogP contribution in [0.25, 0.3) is 11.0 Å². The molecule has 10 heteroatoms. The van der Waals surface area contributed by atoms with E-state index in [-0.39, 0.29) is 29.3 Å². The molecule has 2 aromatic heterocycles. The van der Waals surface area contributed by atoms with Gasteiger partial charge in [-0.05, 0) is 56.5 Å². The molecular weight excluding hydrogens is 416 g/mol. The van der Waals surface area contributed by atoms with Crippen LogP contribution in [0.5, 0.6) is 0 Å². The first-order valence-electron chi connectivity index (χ1n) is 10.4. The molecule has 0 aliphatic carbocycles. The Labute approximate surface area is 181 Å². The molecule has 1 amide bonds. The fraction of sp³-hybridized carbons (Fsp3) is 0.429. The Balaban J connectivity index is 1.48. The van der Waals surface area contributed by atoms with Gasteiger partial charge in [-0.25, -0.2) is 13.1 Å². The fourth-order valence-corrected chi connectivity index (χ4v) is 5.37. The summed E-state index contributed by atoms with van der Waals surface area (Å²) in [6, 6.07) is 8.71. The highest BCUT2D eigenvalue weighted by Crippen LogP contribution is 2.26. The zero-order valence-corrected chi connectivity index (χ0v) is 18.4. The monoisotopic (exact) mass is 442 g/mol. The van der Waals surface area contributed by atoms with E-state index in [4.69, 9.17) is 0 Å². The van der Waals surface area contributed by atoms with E-state index in [1.807, 2.05) is 26.0 Å². The summed E-state index contributed by atoms with van der Waals surface area (Å²) in [6.07, 6.45) is 4.67. The average Bonchev–Trinajstić information content (AvgIpc) is 3.22. The molecule has 0 unspecified atom stereocenters. The summed E-state index contributed by atoms with van der Waals surface area (Å²) in [5.41, 5.74) is 2.23. The van der Waals surface area contributed by atoms with Gasteiger partial charge >= 0.3 is 0 Å². The van der Waals surface area contributed by atoms with Gasteiger partial charge in [0.05, 0.1) is 16.3 Å². The minimum Gasteiger partial charge on any atom is -0.352 e. The maximum Gasteiger partial charge on any atom is 0.243 e. The second-order valence-corrected chi connectivity index (χ2v) is 10.00. The predicted molar refractivity (Wildman–Crippen MR) is 115 cm³/mol. The van der Waals surface area contributed by atoms with Crippen LogP contribution in [0.4, 0.5) is 0 Å². The SMILES string of the molecule is CC(C)n1nnc2cc(S(=O)(=O)N3CCC[C@@H](C(=O)NCc4cccnc4)C3)ccc21. The van der Waals surface area contributed by atoms with Crippen molar-refractivity contribution in [1.82, 2.24) is 29.6 Å². The number of hydrogen-bond acceptors (Lipinski definition) is 6. The Bertz CT molecular complexity index is 1180. The van der Waals surface area contributed by atoms with Crippen molar-refractivity contribution in [3.8, 4) is 0 Å². The summed E-state index contributed by atoms with van der Waals surface area (Å²) in [5, 5.41) is 11.1. The number of fused-ring (bicyclic) bond motifs is 1. The van der Waals surface area contributed by atoms with E-state index in [1.165, 1.54) is 4.31 Å². The largest absolute Gasteiger partial charge is 0.352 e. The molecule has 3 aromatic rings.